The van der Waals surface area contributed by atoms with E-state index in [9.17, 15) is 9.59 Å². The lowest BCUT2D eigenvalue weighted by Gasteiger charge is -2.17. The van der Waals surface area contributed by atoms with Crippen molar-refractivity contribution >= 4 is 23.4 Å². The minimum absolute atomic E-state index is 0.316. The molecule has 0 atom stereocenters. The van der Waals surface area contributed by atoms with Crippen molar-refractivity contribution < 1.29 is 9.59 Å². The second kappa shape index (κ2) is 9.56. The number of hydrazine groups is 2. The molecule has 2 aromatic rings. The lowest BCUT2D eigenvalue weighted by Crippen LogP contribution is -2.39. The van der Waals surface area contributed by atoms with Crippen molar-refractivity contribution in [2.75, 3.05) is 38.8 Å². The van der Waals surface area contributed by atoms with Gasteiger partial charge in [-0.1, -0.05) is 36.4 Å². The Bertz CT molecular complexity index is 726. The molecule has 0 aliphatic carbocycles. The molecular weight excluding hydrogens is 344 g/mol. The summed E-state index contributed by atoms with van der Waals surface area (Å²) < 4.78 is 0. The maximum absolute atomic E-state index is 12.0. The third kappa shape index (κ3) is 6.61. The predicted molar refractivity (Wildman–Crippen MR) is 107 cm³/mol. The van der Waals surface area contributed by atoms with Crippen molar-refractivity contribution in [2.24, 2.45) is 0 Å². The van der Waals surface area contributed by atoms with Crippen molar-refractivity contribution in [3.63, 3.8) is 0 Å². The molecule has 0 bridgehead atoms. The van der Waals surface area contributed by atoms with Gasteiger partial charge in [0.05, 0.1) is 0 Å². The first-order valence-corrected chi connectivity index (χ1v) is 8.51. The fraction of sp³-hybridized carbons (Fsp3) is 0.263. The Kier molecular flexibility index (Phi) is 7.16. The van der Waals surface area contributed by atoms with Gasteiger partial charge < -0.3 is 10.6 Å². The van der Waals surface area contributed by atoms with Crippen LogP contribution in [0.1, 0.15) is 11.1 Å². The van der Waals surface area contributed by atoms with Crippen LogP contribution in [0.25, 0.3) is 0 Å². The number of rotatable bonds is 6. The SMILES string of the molecule is CN(C)NC(=O)Nc1ccccc1Cc1ccccc1NC(=O)NN(C)C. The van der Waals surface area contributed by atoms with Crippen molar-refractivity contribution in [3.05, 3.63) is 59.7 Å². The van der Waals surface area contributed by atoms with Crippen LogP contribution in [0.15, 0.2) is 48.5 Å². The second-order valence-corrected chi connectivity index (χ2v) is 6.41. The van der Waals surface area contributed by atoms with Gasteiger partial charge in [0.2, 0.25) is 0 Å². The van der Waals surface area contributed by atoms with Crippen molar-refractivity contribution in [1.82, 2.24) is 20.9 Å². The number of hydrogen-bond donors (Lipinski definition) is 4. The molecule has 27 heavy (non-hydrogen) atoms. The zero-order valence-electron chi connectivity index (χ0n) is 16.0. The van der Waals surface area contributed by atoms with Crippen LogP contribution in [0.5, 0.6) is 0 Å². The second-order valence-electron chi connectivity index (χ2n) is 6.41. The monoisotopic (exact) mass is 370 g/mol. The Morgan fingerprint density at radius 1 is 0.704 bits per heavy atom. The Morgan fingerprint density at radius 2 is 1.07 bits per heavy atom. The maximum Gasteiger partial charge on any atom is 0.333 e. The highest BCUT2D eigenvalue weighted by molar-refractivity contribution is 5.91. The van der Waals surface area contributed by atoms with Gasteiger partial charge in [-0.05, 0) is 23.3 Å². The molecule has 0 saturated heterocycles. The van der Waals surface area contributed by atoms with Crippen molar-refractivity contribution in [1.29, 1.82) is 0 Å². The van der Waals surface area contributed by atoms with Crippen LogP contribution in [-0.2, 0) is 6.42 Å². The van der Waals surface area contributed by atoms with Gasteiger partial charge >= 0.3 is 12.1 Å². The normalized spacial score (nSPS) is 10.6. The largest absolute Gasteiger partial charge is 0.333 e. The number of carbonyl (C=O) groups is 2. The third-order valence-corrected chi connectivity index (χ3v) is 3.56. The molecule has 0 aromatic heterocycles. The summed E-state index contributed by atoms with van der Waals surface area (Å²) in [5, 5.41) is 8.84. The topological polar surface area (TPSA) is 88.7 Å². The summed E-state index contributed by atoms with van der Waals surface area (Å²) in [6.07, 6.45) is 0.552. The number of nitrogens with one attached hydrogen (secondary N) is 4. The molecule has 0 heterocycles. The van der Waals surface area contributed by atoms with Gasteiger partial charge in [0, 0.05) is 46.0 Å². The predicted octanol–water partition coefficient (Wildman–Crippen LogP) is 2.47. The number of anilines is 2. The van der Waals surface area contributed by atoms with E-state index in [2.05, 4.69) is 21.5 Å². The number of urea groups is 2. The minimum atomic E-state index is -0.316. The van der Waals surface area contributed by atoms with Gasteiger partial charge in [0.25, 0.3) is 0 Å². The summed E-state index contributed by atoms with van der Waals surface area (Å²) in [6, 6.07) is 14.5. The molecule has 0 spiro atoms. The van der Waals surface area contributed by atoms with Gasteiger partial charge in [-0.25, -0.2) is 19.6 Å². The van der Waals surface area contributed by atoms with E-state index in [1.54, 1.807) is 38.2 Å². The minimum Gasteiger partial charge on any atom is -0.307 e. The Balaban J connectivity index is 2.18. The molecule has 0 saturated carbocycles. The van der Waals surface area contributed by atoms with Gasteiger partial charge in [-0.2, -0.15) is 0 Å². The van der Waals surface area contributed by atoms with E-state index in [0.29, 0.717) is 17.8 Å². The summed E-state index contributed by atoms with van der Waals surface area (Å²) in [4.78, 5) is 24.0. The van der Waals surface area contributed by atoms with Gasteiger partial charge in [-0.3, -0.25) is 10.9 Å². The van der Waals surface area contributed by atoms with Gasteiger partial charge in [0.15, 0.2) is 0 Å². The number of hydrogen-bond acceptors (Lipinski definition) is 4. The van der Waals surface area contributed by atoms with E-state index < -0.39 is 0 Å². The van der Waals surface area contributed by atoms with Crippen LogP contribution in [0.4, 0.5) is 21.0 Å². The van der Waals surface area contributed by atoms with E-state index in [1.807, 2.05) is 48.5 Å². The van der Waals surface area contributed by atoms with Crippen LogP contribution in [-0.4, -0.2) is 50.3 Å². The first kappa shape index (κ1) is 20.2. The zero-order chi connectivity index (χ0) is 19.8. The summed E-state index contributed by atoms with van der Waals surface area (Å²) in [5.74, 6) is 0. The summed E-state index contributed by atoms with van der Waals surface area (Å²) in [7, 11) is 6.97. The number of para-hydroxylation sites is 2. The van der Waals surface area contributed by atoms with E-state index in [-0.39, 0.29) is 12.1 Å². The first-order valence-electron chi connectivity index (χ1n) is 8.51. The highest BCUT2D eigenvalue weighted by atomic mass is 16.2. The quantitative estimate of drug-likeness (QED) is 0.588. The Morgan fingerprint density at radius 3 is 1.44 bits per heavy atom. The molecule has 4 N–H and O–H groups in total. The molecular formula is C19H26N6O2. The maximum atomic E-state index is 12.0. The highest BCUT2D eigenvalue weighted by Crippen LogP contribution is 2.23. The summed E-state index contributed by atoms with van der Waals surface area (Å²) in [6.45, 7) is 0. The van der Waals surface area contributed by atoms with Crippen LogP contribution in [0.2, 0.25) is 0 Å². The molecule has 4 amide bonds. The van der Waals surface area contributed by atoms with Crippen LogP contribution in [0, 0.1) is 0 Å². The molecule has 0 unspecified atom stereocenters. The standard InChI is InChI=1S/C19H26N6O2/c1-24(2)22-18(26)20-16-11-7-5-9-14(16)13-15-10-6-8-12-17(15)21-19(27)23-25(3)4/h5-12H,13H2,1-4H3,(H2,20,22,26)(H2,21,23,27). The summed E-state index contributed by atoms with van der Waals surface area (Å²) >= 11 is 0. The number of nitrogens with zero attached hydrogens (tertiary/aromatic N) is 2. The highest BCUT2D eigenvalue weighted by Gasteiger charge is 2.11. The zero-order valence-corrected chi connectivity index (χ0v) is 16.0. The fourth-order valence-corrected chi connectivity index (χ4v) is 2.50. The lowest BCUT2D eigenvalue weighted by atomic mass is 10.0. The number of amides is 4. The van der Waals surface area contributed by atoms with Gasteiger partial charge in [-0.15, -0.1) is 0 Å². The Hall–Kier alpha value is -3.10. The molecule has 8 heteroatoms. The molecule has 2 aromatic carbocycles. The van der Waals surface area contributed by atoms with E-state index >= 15 is 0 Å². The van der Waals surface area contributed by atoms with Crippen LogP contribution >= 0.6 is 0 Å². The van der Waals surface area contributed by atoms with Gasteiger partial charge in [0.1, 0.15) is 0 Å². The molecule has 0 aliphatic heterocycles. The third-order valence-electron chi connectivity index (χ3n) is 3.56. The molecule has 0 fully saturated rings. The molecule has 0 aliphatic rings. The van der Waals surface area contributed by atoms with E-state index in [4.69, 9.17) is 0 Å². The molecule has 8 nitrogen and oxygen atoms in total. The molecule has 0 radical (unpaired) electrons. The van der Waals surface area contributed by atoms with Crippen molar-refractivity contribution in [3.8, 4) is 0 Å². The smallest absolute Gasteiger partial charge is 0.307 e. The Labute approximate surface area is 159 Å². The fourth-order valence-electron chi connectivity index (χ4n) is 2.50. The average Bonchev–Trinajstić information content (AvgIpc) is 2.57. The first-order chi connectivity index (χ1) is 12.8. The van der Waals surface area contributed by atoms with E-state index in [0.717, 1.165) is 11.1 Å². The van der Waals surface area contributed by atoms with Crippen LogP contribution in [0.3, 0.4) is 0 Å². The van der Waals surface area contributed by atoms with E-state index in [1.165, 1.54) is 0 Å². The summed E-state index contributed by atoms with van der Waals surface area (Å²) in [5.41, 5.74) is 8.60. The van der Waals surface area contributed by atoms with Crippen molar-refractivity contribution in [2.45, 2.75) is 6.42 Å². The number of carbonyl (C=O) groups excluding carboxylic acids is 2. The molecule has 144 valence electrons. The molecule has 2 rings (SSSR count). The average molecular weight is 370 g/mol. The number of benzene rings is 2. The lowest BCUT2D eigenvalue weighted by molar-refractivity contribution is 0.223. The van der Waals surface area contributed by atoms with Crippen LogP contribution < -0.4 is 21.5 Å².